The van der Waals surface area contributed by atoms with Gasteiger partial charge >= 0.3 is 5.91 Å². The van der Waals surface area contributed by atoms with Gasteiger partial charge in [0.2, 0.25) is 0 Å². The quantitative estimate of drug-likeness (QED) is 0.387. The molecular formula is C20H15FN2O3S2. The van der Waals surface area contributed by atoms with Gasteiger partial charge in [0.1, 0.15) is 17.6 Å². The summed E-state index contributed by atoms with van der Waals surface area (Å²) in [6, 6.07) is 7.98. The van der Waals surface area contributed by atoms with Gasteiger partial charge in [-0.3, -0.25) is 14.5 Å². The second-order valence-corrected chi connectivity index (χ2v) is 8.49. The third-order valence-electron chi connectivity index (χ3n) is 4.60. The number of Topliss-reactive ketones (excluding diaryl/α,β-unsaturated/α-hetero) is 1. The van der Waals surface area contributed by atoms with Crippen LogP contribution in [-0.2, 0) is 9.59 Å². The van der Waals surface area contributed by atoms with Gasteiger partial charge in [0.25, 0.3) is 5.78 Å². The van der Waals surface area contributed by atoms with Crippen LogP contribution in [0.25, 0.3) is 5.76 Å². The van der Waals surface area contributed by atoms with Gasteiger partial charge in [0, 0.05) is 15.3 Å². The summed E-state index contributed by atoms with van der Waals surface area (Å²) in [5, 5.41) is 13.1. The summed E-state index contributed by atoms with van der Waals surface area (Å²) in [5.74, 6) is -2.31. The van der Waals surface area contributed by atoms with E-state index in [4.69, 9.17) is 0 Å². The van der Waals surface area contributed by atoms with E-state index < -0.39 is 23.5 Å². The first-order chi connectivity index (χ1) is 13.4. The Morgan fingerprint density at radius 2 is 1.89 bits per heavy atom. The van der Waals surface area contributed by atoms with E-state index in [1.54, 1.807) is 6.07 Å². The maximum Gasteiger partial charge on any atom is 0.301 e. The Hall–Kier alpha value is -2.84. The van der Waals surface area contributed by atoms with Crippen molar-refractivity contribution in [3.63, 3.8) is 0 Å². The Bertz CT molecular complexity index is 1080. The lowest BCUT2D eigenvalue weighted by molar-refractivity contribution is -0.132. The number of hydrogen-bond acceptors (Lipinski definition) is 6. The fourth-order valence-electron chi connectivity index (χ4n) is 3.07. The number of benzene rings is 1. The average Bonchev–Trinajstić information content (AvgIpc) is 3.36. The van der Waals surface area contributed by atoms with Gasteiger partial charge in [-0.05, 0) is 49.6 Å². The molecule has 0 saturated carbocycles. The van der Waals surface area contributed by atoms with E-state index in [9.17, 15) is 19.1 Å². The Morgan fingerprint density at radius 1 is 1.18 bits per heavy atom. The van der Waals surface area contributed by atoms with Crippen LogP contribution in [-0.4, -0.2) is 21.8 Å². The number of thiophene rings is 1. The smallest absolute Gasteiger partial charge is 0.301 e. The second-order valence-electron chi connectivity index (χ2n) is 6.33. The number of thiazole rings is 1. The lowest BCUT2D eigenvalue weighted by Crippen LogP contribution is -2.29. The molecule has 1 fully saturated rings. The molecule has 1 atom stereocenters. The van der Waals surface area contributed by atoms with E-state index in [1.165, 1.54) is 51.8 Å². The summed E-state index contributed by atoms with van der Waals surface area (Å²) in [5.41, 5.74) is 1.03. The normalized spacial score (nSPS) is 18.8. The van der Waals surface area contributed by atoms with Crippen LogP contribution in [0.4, 0.5) is 9.52 Å². The number of aromatic nitrogens is 1. The predicted molar refractivity (Wildman–Crippen MR) is 107 cm³/mol. The molecule has 0 aliphatic carbocycles. The van der Waals surface area contributed by atoms with Crippen molar-refractivity contribution in [3.05, 3.63) is 74.2 Å². The minimum Gasteiger partial charge on any atom is -0.507 e. The molecule has 1 N–H and O–H groups in total. The summed E-state index contributed by atoms with van der Waals surface area (Å²) in [4.78, 5) is 33.2. The van der Waals surface area contributed by atoms with Gasteiger partial charge < -0.3 is 5.11 Å². The average molecular weight is 414 g/mol. The van der Waals surface area contributed by atoms with Crippen molar-refractivity contribution in [2.24, 2.45) is 0 Å². The number of aliphatic hydroxyl groups is 1. The maximum absolute atomic E-state index is 13.3. The van der Waals surface area contributed by atoms with Crippen molar-refractivity contribution in [1.82, 2.24) is 4.98 Å². The van der Waals surface area contributed by atoms with Crippen LogP contribution < -0.4 is 4.90 Å². The highest BCUT2D eigenvalue weighted by Gasteiger charge is 2.48. The molecule has 8 heteroatoms. The van der Waals surface area contributed by atoms with Gasteiger partial charge in [-0.1, -0.05) is 6.07 Å². The number of ketones is 1. The van der Waals surface area contributed by atoms with E-state index in [2.05, 4.69) is 4.98 Å². The molecule has 2 aromatic heterocycles. The number of nitrogens with zero attached hydrogens (tertiary/aromatic N) is 2. The zero-order valence-corrected chi connectivity index (χ0v) is 16.6. The first-order valence-corrected chi connectivity index (χ1v) is 10.1. The standard InChI is InChI=1S/C20H15FN2O3S2/c1-10-11(2)28-20(22-10)23-16(14-4-3-9-27-14)15(18(25)19(23)26)17(24)12-5-7-13(21)8-6-12/h3-9,16,24H,1-2H3/b17-15-. The fraction of sp³-hybridized carbons (Fsp3) is 0.150. The minimum absolute atomic E-state index is 0.0236. The van der Waals surface area contributed by atoms with Crippen molar-refractivity contribution < 1.29 is 19.1 Å². The summed E-state index contributed by atoms with van der Waals surface area (Å²) >= 11 is 2.70. The molecule has 142 valence electrons. The summed E-state index contributed by atoms with van der Waals surface area (Å²) in [6.45, 7) is 3.73. The van der Waals surface area contributed by atoms with E-state index in [0.29, 0.717) is 5.13 Å². The number of aliphatic hydroxyl groups excluding tert-OH is 1. The Balaban J connectivity index is 1.92. The molecule has 0 radical (unpaired) electrons. The van der Waals surface area contributed by atoms with Gasteiger partial charge in [-0.2, -0.15) is 0 Å². The van der Waals surface area contributed by atoms with Gasteiger partial charge in [-0.15, -0.1) is 22.7 Å². The summed E-state index contributed by atoms with van der Waals surface area (Å²) in [7, 11) is 0. The molecule has 3 aromatic rings. The van der Waals surface area contributed by atoms with Crippen LogP contribution in [0.2, 0.25) is 0 Å². The van der Waals surface area contributed by atoms with Crippen molar-refractivity contribution in [1.29, 1.82) is 0 Å². The van der Waals surface area contributed by atoms with Gasteiger partial charge in [0.15, 0.2) is 5.13 Å². The first kappa shape index (κ1) is 18.5. The van der Waals surface area contributed by atoms with Crippen molar-refractivity contribution >= 4 is 45.3 Å². The first-order valence-electron chi connectivity index (χ1n) is 8.43. The number of aryl methyl sites for hydroxylation is 2. The SMILES string of the molecule is Cc1nc(N2C(=O)C(=O)/C(=C(\O)c3ccc(F)cc3)C2c2cccs2)sc1C. The topological polar surface area (TPSA) is 70.5 Å². The molecule has 1 aliphatic heterocycles. The number of carbonyl (C=O) groups excluding carboxylic acids is 2. The Labute approximate surface area is 168 Å². The molecule has 1 aromatic carbocycles. The molecule has 3 heterocycles. The molecule has 0 spiro atoms. The molecule has 4 rings (SSSR count). The number of rotatable bonds is 3. The number of halogens is 1. The monoisotopic (exact) mass is 414 g/mol. The molecule has 1 aliphatic rings. The van der Waals surface area contributed by atoms with Gasteiger partial charge in [-0.25, -0.2) is 9.37 Å². The summed E-state index contributed by atoms with van der Waals surface area (Å²) < 4.78 is 13.3. The van der Waals surface area contributed by atoms with Crippen LogP contribution in [0.5, 0.6) is 0 Å². The number of amides is 1. The third-order valence-corrected chi connectivity index (χ3v) is 6.59. The van der Waals surface area contributed by atoms with Crippen molar-refractivity contribution in [3.8, 4) is 0 Å². The van der Waals surface area contributed by atoms with Crippen LogP contribution in [0.15, 0.2) is 47.4 Å². The molecule has 28 heavy (non-hydrogen) atoms. The van der Waals surface area contributed by atoms with E-state index >= 15 is 0 Å². The largest absolute Gasteiger partial charge is 0.507 e. The lowest BCUT2D eigenvalue weighted by Gasteiger charge is -2.21. The molecule has 0 bridgehead atoms. The third kappa shape index (κ3) is 2.94. The van der Waals surface area contributed by atoms with E-state index in [-0.39, 0.29) is 16.9 Å². The number of anilines is 1. The second kappa shape index (κ2) is 6.96. The van der Waals surface area contributed by atoms with Crippen LogP contribution in [0.3, 0.4) is 0 Å². The van der Waals surface area contributed by atoms with E-state index in [0.717, 1.165) is 15.4 Å². The highest BCUT2D eigenvalue weighted by Crippen LogP contribution is 2.44. The molecule has 1 unspecified atom stereocenters. The Morgan fingerprint density at radius 3 is 2.46 bits per heavy atom. The number of hydrogen-bond donors (Lipinski definition) is 1. The highest BCUT2D eigenvalue weighted by atomic mass is 32.1. The molecule has 5 nitrogen and oxygen atoms in total. The van der Waals surface area contributed by atoms with Gasteiger partial charge in [0.05, 0.1) is 11.3 Å². The fourth-order valence-corrected chi connectivity index (χ4v) is 4.83. The molecule has 1 amide bonds. The molecular weight excluding hydrogens is 399 g/mol. The van der Waals surface area contributed by atoms with E-state index in [1.807, 2.05) is 25.3 Å². The van der Waals surface area contributed by atoms with Crippen LogP contribution in [0.1, 0.15) is 27.1 Å². The van der Waals surface area contributed by atoms with Crippen molar-refractivity contribution in [2.75, 3.05) is 4.90 Å². The van der Waals surface area contributed by atoms with Crippen molar-refractivity contribution in [2.45, 2.75) is 19.9 Å². The zero-order valence-electron chi connectivity index (χ0n) is 15.0. The highest BCUT2D eigenvalue weighted by molar-refractivity contribution is 7.16. The van der Waals surface area contributed by atoms with Crippen LogP contribution in [0, 0.1) is 19.7 Å². The van der Waals surface area contributed by atoms with Crippen LogP contribution >= 0.6 is 22.7 Å². The zero-order chi connectivity index (χ0) is 20.0. The summed E-state index contributed by atoms with van der Waals surface area (Å²) in [6.07, 6.45) is 0. The number of carbonyl (C=O) groups is 2. The minimum atomic E-state index is -0.786. The Kier molecular flexibility index (Phi) is 4.60. The molecule has 1 saturated heterocycles. The maximum atomic E-state index is 13.3. The predicted octanol–water partition coefficient (Wildman–Crippen LogP) is 4.59. The lowest BCUT2D eigenvalue weighted by atomic mass is 10.00.